The van der Waals surface area contributed by atoms with Gasteiger partial charge in [-0.05, 0) is 60.8 Å². The number of carbonyl (C=O) groups excluding carboxylic acids is 3. The third-order valence-electron chi connectivity index (χ3n) is 8.11. The average Bonchev–Trinajstić information content (AvgIpc) is 3.45. The summed E-state index contributed by atoms with van der Waals surface area (Å²) in [5.41, 5.74) is 5.91. The van der Waals surface area contributed by atoms with Crippen LogP contribution in [0.2, 0.25) is 0 Å². The maximum Gasteiger partial charge on any atom is 0.247 e. The van der Waals surface area contributed by atoms with Crippen molar-refractivity contribution in [2.45, 2.75) is 58.4 Å². The molecule has 3 amide bonds. The molecule has 0 saturated carbocycles. The molecule has 44 heavy (non-hydrogen) atoms. The van der Waals surface area contributed by atoms with E-state index >= 15 is 0 Å². The van der Waals surface area contributed by atoms with E-state index in [1.807, 2.05) is 105 Å². The van der Waals surface area contributed by atoms with Gasteiger partial charge in [0.25, 0.3) is 0 Å². The van der Waals surface area contributed by atoms with Crippen molar-refractivity contribution >= 4 is 28.6 Å². The Kier molecular flexibility index (Phi) is 12.1. The van der Waals surface area contributed by atoms with E-state index in [-0.39, 0.29) is 24.2 Å². The van der Waals surface area contributed by atoms with Crippen LogP contribution in [-0.4, -0.2) is 40.5 Å². The summed E-state index contributed by atoms with van der Waals surface area (Å²) in [5, 5.41) is 16.6. The van der Waals surface area contributed by atoms with E-state index in [9.17, 15) is 19.6 Å². The minimum absolute atomic E-state index is 0.112. The molecule has 1 aromatic heterocycles. The van der Waals surface area contributed by atoms with E-state index in [0.717, 1.165) is 34.0 Å². The number of aromatic nitrogens is 1. The second-order valence-electron chi connectivity index (χ2n) is 11.8. The Labute approximate surface area is 259 Å². The minimum atomic E-state index is -0.853. The zero-order valence-electron chi connectivity index (χ0n) is 25.6. The molecular formula is C36H44N4O4. The van der Waals surface area contributed by atoms with Crippen molar-refractivity contribution in [1.29, 1.82) is 0 Å². The van der Waals surface area contributed by atoms with E-state index in [1.165, 1.54) is 0 Å². The molecule has 0 bridgehead atoms. The summed E-state index contributed by atoms with van der Waals surface area (Å²) in [6.07, 6.45) is 5.09. The first-order chi connectivity index (χ1) is 21.4. The van der Waals surface area contributed by atoms with Crippen LogP contribution in [0.4, 0.5) is 0 Å². The lowest BCUT2D eigenvalue weighted by atomic mass is 9.80. The number of hydroxylamine groups is 1. The Morgan fingerprint density at radius 3 is 2.07 bits per heavy atom. The fourth-order valence-electron chi connectivity index (χ4n) is 5.84. The molecule has 0 spiro atoms. The maximum absolute atomic E-state index is 14.0. The number of nitrogens with one attached hydrogen (secondary N) is 4. The van der Waals surface area contributed by atoms with Gasteiger partial charge in [0.2, 0.25) is 17.7 Å². The molecule has 5 N–H and O–H groups in total. The highest BCUT2D eigenvalue weighted by molar-refractivity contribution is 5.92. The van der Waals surface area contributed by atoms with Crippen LogP contribution in [0.5, 0.6) is 0 Å². The molecule has 1 heterocycles. The van der Waals surface area contributed by atoms with Gasteiger partial charge in [-0.2, -0.15) is 0 Å². The zero-order chi connectivity index (χ0) is 31.3. The number of aryl methyl sites for hydroxylation is 1. The molecule has 0 fully saturated rings. The molecule has 232 valence electrons. The molecule has 8 nitrogen and oxygen atoms in total. The monoisotopic (exact) mass is 596 g/mol. The molecule has 8 heteroatoms. The average molecular weight is 597 g/mol. The Bertz CT molecular complexity index is 1490. The lowest BCUT2D eigenvalue weighted by Gasteiger charge is -2.28. The van der Waals surface area contributed by atoms with E-state index < -0.39 is 23.8 Å². The molecular weight excluding hydrogens is 552 g/mol. The number of rotatable bonds is 16. The minimum Gasteiger partial charge on any atom is -0.361 e. The zero-order valence-corrected chi connectivity index (χ0v) is 25.6. The maximum atomic E-state index is 14.0. The smallest absolute Gasteiger partial charge is 0.247 e. The number of hydrogen-bond acceptors (Lipinski definition) is 4. The van der Waals surface area contributed by atoms with Crippen molar-refractivity contribution < 1.29 is 19.6 Å². The molecule has 0 aliphatic rings. The predicted molar refractivity (Wildman–Crippen MR) is 173 cm³/mol. The number of carbonyl (C=O) groups is 3. The predicted octanol–water partition coefficient (Wildman–Crippen LogP) is 5.36. The van der Waals surface area contributed by atoms with Gasteiger partial charge in [0, 0.05) is 36.0 Å². The van der Waals surface area contributed by atoms with E-state index in [0.29, 0.717) is 32.2 Å². The highest BCUT2D eigenvalue weighted by atomic mass is 16.5. The number of hydrogen-bond donors (Lipinski definition) is 5. The van der Waals surface area contributed by atoms with Gasteiger partial charge in [-0.25, -0.2) is 5.48 Å². The standard InChI is InChI=1S/C36H44N4O4/c1-25(2)22-31(30(35(42)40-44)18-11-16-26-12-5-3-6-13-26)34(41)39-33(23-28-24-38-32-19-10-9-17-29(28)32)36(43)37-21-20-27-14-7-4-8-15-27/h3-10,12-15,17,19,24-25,30-31,33,38,44H,11,16,18,20-23H2,1-2H3,(H,37,43)(H,39,41)(H,40,42)/t30-,31+,33-/m1/s1. The number of fused-ring (bicyclic) bond motifs is 1. The van der Waals surface area contributed by atoms with Crippen LogP contribution in [0.25, 0.3) is 10.9 Å². The van der Waals surface area contributed by atoms with Gasteiger partial charge >= 0.3 is 0 Å². The van der Waals surface area contributed by atoms with Gasteiger partial charge in [-0.1, -0.05) is 92.7 Å². The Balaban J connectivity index is 1.53. The summed E-state index contributed by atoms with van der Waals surface area (Å²) in [5.74, 6) is -2.59. The van der Waals surface area contributed by atoms with Crippen LogP contribution >= 0.6 is 0 Å². The van der Waals surface area contributed by atoms with Crippen LogP contribution in [0.1, 0.15) is 49.8 Å². The molecule has 3 atom stereocenters. The van der Waals surface area contributed by atoms with Gasteiger partial charge in [-0.15, -0.1) is 0 Å². The van der Waals surface area contributed by atoms with Crippen LogP contribution in [0.15, 0.2) is 91.1 Å². The Morgan fingerprint density at radius 2 is 1.41 bits per heavy atom. The highest BCUT2D eigenvalue weighted by Gasteiger charge is 2.36. The number of amides is 3. The van der Waals surface area contributed by atoms with Crippen molar-refractivity contribution in [2.75, 3.05) is 6.54 Å². The van der Waals surface area contributed by atoms with Crippen molar-refractivity contribution in [1.82, 2.24) is 21.1 Å². The van der Waals surface area contributed by atoms with Crippen LogP contribution in [0.3, 0.4) is 0 Å². The lowest BCUT2D eigenvalue weighted by molar-refractivity contribution is -0.142. The van der Waals surface area contributed by atoms with Crippen LogP contribution < -0.4 is 16.1 Å². The quantitative estimate of drug-likeness (QED) is 0.0883. The van der Waals surface area contributed by atoms with E-state index in [1.54, 1.807) is 5.48 Å². The second-order valence-corrected chi connectivity index (χ2v) is 11.8. The summed E-state index contributed by atoms with van der Waals surface area (Å²) >= 11 is 0. The summed E-state index contributed by atoms with van der Waals surface area (Å²) < 4.78 is 0. The SMILES string of the molecule is CC(C)C[C@H](C(=O)N[C@H](Cc1c[nH]c2ccccc12)C(=O)NCCc1ccccc1)[C@@H](CCCc1ccccc1)C(=O)NO. The number of benzene rings is 3. The first kappa shape index (κ1) is 32.5. The molecule has 4 rings (SSSR count). The van der Waals surface area contributed by atoms with Gasteiger partial charge < -0.3 is 15.6 Å². The topological polar surface area (TPSA) is 123 Å². The highest BCUT2D eigenvalue weighted by Crippen LogP contribution is 2.27. The third-order valence-corrected chi connectivity index (χ3v) is 8.11. The normalized spacial score (nSPS) is 13.3. The van der Waals surface area contributed by atoms with Crippen LogP contribution in [-0.2, 0) is 33.6 Å². The second kappa shape index (κ2) is 16.4. The van der Waals surface area contributed by atoms with Gasteiger partial charge in [-0.3, -0.25) is 19.6 Å². The Morgan fingerprint density at radius 1 is 0.773 bits per heavy atom. The van der Waals surface area contributed by atoms with Crippen molar-refractivity contribution in [3.63, 3.8) is 0 Å². The molecule has 0 aliphatic carbocycles. The number of H-pyrrole nitrogens is 1. The first-order valence-electron chi connectivity index (χ1n) is 15.5. The molecule has 0 aliphatic heterocycles. The van der Waals surface area contributed by atoms with Gasteiger partial charge in [0.1, 0.15) is 6.04 Å². The van der Waals surface area contributed by atoms with Crippen molar-refractivity contribution in [3.8, 4) is 0 Å². The van der Waals surface area contributed by atoms with E-state index in [2.05, 4.69) is 15.6 Å². The first-order valence-corrected chi connectivity index (χ1v) is 15.5. The molecule has 0 saturated heterocycles. The van der Waals surface area contributed by atoms with Crippen molar-refractivity contribution in [2.24, 2.45) is 17.8 Å². The van der Waals surface area contributed by atoms with Gasteiger partial charge in [0.05, 0.1) is 5.92 Å². The largest absolute Gasteiger partial charge is 0.361 e. The summed E-state index contributed by atoms with van der Waals surface area (Å²) in [7, 11) is 0. The van der Waals surface area contributed by atoms with Gasteiger partial charge in [0.15, 0.2) is 0 Å². The summed E-state index contributed by atoms with van der Waals surface area (Å²) in [4.78, 5) is 43.8. The summed E-state index contributed by atoms with van der Waals surface area (Å²) in [6, 6.07) is 26.9. The van der Waals surface area contributed by atoms with Crippen molar-refractivity contribution in [3.05, 3.63) is 108 Å². The number of para-hydroxylation sites is 1. The van der Waals surface area contributed by atoms with Crippen LogP contribution in [0, 0.1) is 17.8 Å². The molecule has 0 unspecified atom stereocenters. The summed E-state index contributed by atoms with van der Waals surface area (Å²) in [6.45, 7) is 4.42. The Hall–Kier alpha value is -4.43. The molecule has 3 aromatic carbocycles. The molecule has 0 radical (unpaired) electrons. The number of aromatic amines is 1. The fraction of sp³-hybridized carbons (Fsp3) is 0.361. The lowest BCUT2D eigenvalue weighted by Crippen LogP contribution is -2.52. The third kappa shape index (κ3) is 9.28. The fourth-order valence-corrected chi connectivity index (χ4v) is 5.84. The molecule has 4 aromatic rings. The van der Waals surface area contributed by atoms with E-state index in [4.69, 9.17) is 0 Å².